The van der Waals surface area contributed by atoms with E-state index >= 15 is 0 Å². The number of nitrogens with one attached hydrogen (secondary N) is 1. The van der Waals surface area contributed by atoms with E-state index in [1.54, 1.807) is 23.2 Å². The van der Waals surface area contributed by atoms with Crippen LogP contribution in [0.5, 0.6) is 0 Å². The smallest absolute Gasteiger partial charge is 0.254 e. The standard InChI is InChI=1S/C13H18BrN3O3S/c1-21(19,20)16-9-11-4-2-3-7-17(11)13(18)10-5-6-15-12(14)8-10/h5-6,8,11,16H,2-4,7,9H2,1H3. The molecule has 1 aliphatic heterocycles. The molecule has 1 amide bonds. The monoisotopic (exact) mass is 375 g/mol. The van der Waals surface area contributed by atoms with Crippen LogP contribution in [0.4, 0.5) is 0 Å². The number of piperidine rings is 1. The molecule has 0 spiro atoms. The lowest BCUT2D eigenvalue weighted by Gasteiger charge is -2.35. The number of hydrogen-bond donors (Lipinski definition) is 1. The SMILES string of the molecule is CS(=O)(=O)NCC1CCCCN1C(=O)c1ccnc(Br)c1. The quantitative estimate of drug-likeness (QED) is 0.806. The molecule has 0 aliphatic carbocycles. The summed E-state index contributed by atoms with van der Waals surface area (Å²) in [6, 6.07) is 3.24. The first kappa shape index (κ1) is 16.4. The molecule has 6 nitrogen and oxygen atoms in total. The van der Waals surface area contributed by atoms with Crippen LogP contribution in [-0.4, -0.2) is 49.6 Å². The summed E-state index contributed by atoms with van der Waals surface area (Å²) in [6.07, 6.45) is 5.45. The Balaban J connectivity index is 2.12. The lowest BCUT2D eigenvalue weighted by Crippen LogP contribution is -2.49. The van der Waals surface area contributed by atoms with Gasteiger partial charge in [0.1, 0.15) is 4.60 Å². The average molecular weight is 376 g/mol. The summed E-state index contributed by atoms with van der Waals surface area (Å²) in [7, 11) is -3.25. The number of hydrogen-bond acceptors (Lipinski definition) is 4. The molecule has 8 heteroatoms. The highest BCUT2D eigenvalue weighted by atomic mass is 79.9. The lowest BCUT2D eigenvalue weighted by molar-refractivity contribution is 0.0618. The van der Waals surface area contributed by atoms with Crippen molar-refractivity contribution in [1.82, 2.24) is 14.6 Å². The Labute approximate surface area is 133 Å². The first-order chi connectivity index (χ1) is 9.87. The highest BCUT2D eigenvalue weighted by molar-refractivity contribution is 9.10. The molecular weight excluding hydrogens is 358 g/mol. The van der Waals surface area contributed by atoms with Crippen LogP contribution in [0.2, 0.25) is 0 Å². The zero-order valence-corrected chi connectivity index (χ0v) is 14.2. The van der Waals surface area contributed by atoms with E-state index in [4.69, 9.17) is 0 Å². The molecule has 1 aliphatic rings. The third-order valence-corrected chi connectivity index (χ3v) is 4.57. The van der Waals surface area contributed by atoms with E-state index in [2.05, 4.69) is 25.6 Å². The predicted molar refractivity (Wildman–Crippen MR) is 83.5 cm³/mol. The zero-order chi connectivity index (χ0) is 15.5. The minimum absolute atomic E-state index is 0.0851. The summed E-state index contributed by atoms with van der Waals surface area (Å²) in [6.45, 7) is 0.908. The van der Waals surface area contributed by atoms with Gasteiger partial charge in [0, 0.05) is 30.9 Å². The number of likely N-dealkylation sites (tertiary alicyclic amines) is 1. The van der Waals surface area contributed by atoms with Crippen LogP contribution in [0.1, 0.15) is 29.6 Å². The Hall–Kier alpha value is -0.990. The molecule has 116 valence electrons. The maximum absolute atomic E-state index is 12.6. The predicted octanol–water partition coefficient (Wildman–Crippen LogP) is 1.39. The van der Waals surface area contributed by atoms with Crippen LogP contribution < -0.4 is 4.72 Å². The number of carbonyl (C=O) groups is 1. The minimum atomic E-state index is -3.25. The van der Waals surface area contributed by atoms with Crippen molar-refractivity contribution in [2.45, 2.75) is 25.3 Å². The fourth-order valence-electron chi connectivity index (χ4n) is 2.43. The molecule has 1 atom stereocenters. The van der Waals surface area contributed by atoms with Gasteiger partial charge in [-0.3, -0.25) is 4.79 Å². The van der Waals surface area contributed by atoms with Crippen molar-refractivity contribution >= 4 is 31.9 Å². The molecule has 0 radical (unpaired) electrons. The number of sulfonamides is 1. The third kappa shape index (κ3) is 4.76. The maximum atomic E-state index is 12.6. The molecule has 1 aromatic heterocycles. The van der Waals surface area contributed by atoms with Gasteiger partial charge in [-0.15, -0.1) is 0 Å². The van der Waals surface area contributed by atoms with Gasteiger partial charge in [-0.2, -0.15) is 0 Å². The Bertz CT molecular complexity index is 621. The highest BCUT2D eigenvalue weighted by Crippen LogP contribution is 2.20. The molecule has 2 heterocycles. The summed E-state index contributed by atoms with van der Waals surface area (Å²) in [5, 5.41) is 0. The molecule has 0 aromatic carbocycles. The first-order valence-electron chi connectivity index (χ1n) is 6.74. The number of carbonyl (C=O) groups excluding carboxylic acids is 1. The normalized spacial score (nSPS) is 19.5. The number of halogens is 1. The number of nitrogens with zero attached hydrogens (tertiary/aromatic N) is 2. The van der Waals surface area contributed by atoms with E-state index in [-0.39, 0.29) is 18.5 Å². The summed E-state index contributed by atoms with van der Waals surface area (Å²) >= 11 is 3.25. The second kappa shape index (κ2) is 6.85. The number of pyridine rings is 1. The molecule has 1 aromatic rings. The van der Waals surface area contributed by atoms with Crippen molar-refractivity contribution in [2.75, 3.05) is 19.3 Å². The van der Waals surface area contributed by atoms with Gasteiger partial charge < -0.3 is 4.90 Å². The second-order valence-corrected chi connectivity index (χ2v) is 7.78. The van der Waals surface area contributed by atoms with Gasteiger partial charge in [0.15, 0.2) is 0 Å². The van der Waals surface area contributed by atoms with Crippen molar-refractivity contribution in [3.05, 3.63) is 28.5 Å². The van der Waals surface area contributed by atoms with Gasteiger partial charge >= 0.3 is 0 Å². The van der Waals surface area contributed by atoms with Gasteiger partial charge in [0.25, 0.3) is 5.91 Å². The van der Waals surface area contributed by atoms with Crippen LogP contribution >= 0.6 is 15.9 Å². The highest BCUT2D eigenvalue weighted by Gasteiger charge is 2.28. The first-order valence-corrected chi connectivity index (χ1v) is 9.42. The van der Waals surface area contributed by atoms with Gasteiger partial charge in [0.2, 0.25) is 10.0 Å². The van der Waals surface area contributed by atoms with E-state index in [1.807, 2.05) is 0 Å². The summed E-state index contributed by atoms with van der Waals surface area (Å²) in [4.78, 5) is 18.3. The van der Waals surface area contributed by atoms with Crippen molar-refractivity contribution in [3.8, 4) is 0 Å². The average Bonchev–Trinajstić information content (AvgIpc) is 2.44. The van der Waals surface area contributed by atoms with Crippen molar-refractivity contribution in [3.63, 3.8) is 0 Å². The lowest BCUT2D eigenvalue weighted by atomic mass is 10.0. The van der Waals surface area contributed by atoms with E-state index in [9.17, 15) is 13.2 Å². The summed E-state index contributed by atoms with van der Waals surface area (Å²) < 4.78 is 25.6. The van der Waals surface area contributed by atoms with E-state index in [0.29, 0.717) is 16.7 Å². The van der Waals surface area contributed by atoms with Crippen LogP contribution in [0, 0.1) is 0 Å². The third-order valence-electron chi connectivity index (χ3n) is 3.44. The number of rotatable bonds is 4. The molecule has 1 fully saturated rings. The zero-order valence-electron chi connectivity index (χ0n) is 11.8. The van der Waals surface area contributed by atoms with E-state index < -0.39 is 10.0 Å². The molecule has 1 N–H and O–H groups in total. The van der Waals surface area contributed by atoms with Crippen molar-refractivity contribution in [1.29, 1.82) is 0 Å². The Morgan fingerprint density at radius 2 is 2.29 bits per heavy atom. The second-order valence-electron chi connectivity index (χ2n) is 5.14. The Morgan fingerprint density at radius 3 is 2.95 bits per heavy atom. The van der Waals surface area contributed by atoms with Gasteiger partial charge in [0.05, 0.1) is 6.26 Å². The van der Waals surface area contributed by atoms with Crippen LogP contribution in [0.3, 0.4) is 0 Å². The van der Waals surface area contributed by atoms with Gasteiger partial charge in [-0.1, -0.05) is 0 Å². The molecular formula is C13H18BrN3O3S. The fraction of sp³-hybridized carbons (Fsp3) is 0.538. The molecule has 1 unspecified atom stereocenters. The fourth-order valence-corrected chi connectivity index (χ4v) is 3.29. The Kier molecular flexibility index (Phi) is 5.34. The van der Waals surface area contributed by atoms with Crippen LogP contribution in [0.25, 0.3) is 0 Å². The van der Waals surface area contributed by atoms with Crippen LogP contribution in [-0.2, 0) is 10.0 Å². The molecule has 1 saturated heterocycles. The number of amides is 1. The summed E-state index contributed by atoms with van der Waals surface area (Å²) in [5.41, 5.74) is 0.558. The molecule has 0 bridgehead atoms. The van der Waals surface area contributed by atoms with Crippen molar-refractivity contribution < 1.29 is 13.2 Å². The maximum Gasteiger partial charge on any atom is 0.254 e. The molecule has 21 heavy (non-hydrogen) atoms. The molecule has 0 saturated carbocycles. The Morgan fingerprint density at radius 1 is 1.52 bits per heavy atom. The topological polar surface area (TPSA) is 79.4 Å². The van der Waals surface area contributed by atoms with Gasteiger partial charge in [-0.05, 0) is 47.3 Å². The summed E-state index contributed by atoms with van der Waals surface area (Å²) in [5.74, 6) is -0.0851. The largest absolute Gasteiger partial charge is 0.334 e. The van der Waals surface area contributed by atoms with Crippen molar-refractivity contribution in [2.24, 2.45) is 0 Å². The minimum Gasteiger partial charge on any atom is -0.334 e. The van der Waals surface area contributed by atoms with E-state index in [1.165, 1.54) is 0 Å². The van der Waals surface area contributed by atoms with E-state index in [0.717, 1.165) is 25.5 Å². The number of aromatic nitrogens is 1. The van der Waals surface area contributed by atoms with Gasteiger partial charge in [-0.25, -0.2) is 18.1 Å². The van der Waals surface area contributed by atoms with Crippen LogP contribution in [0.15, 0.2) is 22.9 Å². The molecule has 2 rings (SSSR count).